The second-order valence-corrected chi connectivity index (χ2v) is 6.29. The standard InChI is InChI=1S/C20H20N2O2/c23-19(12-13-20-22-17-9-3-4-11-18(17)24-20)21-16-10-5-7-14-6-1-2-8-15(14)16/h1-4,6,8-9,11,16H,5,7,10,12-13H2,(H,21,23)/t16-/m0/s1. The summed E-state index contributed by atoms with van der Waals surface area (Å²) in [5.74, 6) is 0.675. The van der Waals surface area contributed by atoms with Crippen molar-refractivity contribution in [2.24, 2.45) is 0 Å². The van der Waals surface area contributed by atoms with Gasteiger partial charge in [0.05, 0.1) is 6.04 Å². The van der Waals surface area contributed by atoms with Crippen LogP contribution in [0.3, 0.4) is 0 Å². The highest BCUT2D eigenvalue weighted by atomic mass is 16.3. The zero-order chi connectivity index (χ0) is 16.4. The molecular formula is C20H20N2O2. The number of para-hydroxylation sites is 2. The maximum absolute atomic E-state index is 12.3. The molecule has 1 amide bonds. The van der Waals surface area contributed by atoms with E-state index in [0.717, 1.165) is 30.4 Å². The molecule has 0 unspecified atom stereocenters. The first-order valence-corrected chi connectivity index (χ1v) is 8.51. The van der Waals surface area contributed by atoms with Gasteiger partial charge < -0.3 is 9.73 Å². The molecule has 24 heavy (non-hydrogen) atoms. The average Bonchev–Trinajstić information content (AvgIpc) is 3.03. The Bertz CT molecular complexity index is 836. The van der Waals surface area contributed by atoms with Gasteiger partial charge in [-0.15, -0.1) is 0 Å². The molecular weight excluding hydrogens is 300 g/mol. The smallest absolute Gasteiger partial charge is 0.220 e. The van der Waals surface area contributed by atoms with Gasteiger partial charge in [-0.2, -0.15) is 0 Å². The summed E-state index contributed by atoms with van der Waals surface area (Å²) in [6, 6.07) is 16.2. The number of benzene rings is 2. The molecule has 2 aromatic carbocycles. The first kappa shape index (κ1) is 14.9. The number of hydrogen-bond acceptors (Lipinski definition) is 3. The minimum atomic E-state index is 0.0546. The van der Waals surface area contributed by atoms with Gasteiger partial charge in [0.25, 0.3) is 0 Å². The Morgan fingerprint density at radius 2 is 2.00 bits per heavy atom. The molecule has 122 valence electrons. The topological polar surface area (TPSA) is 55.1 Å². The lowest BCUT2D eigenvalue weighted by Gasteiger charge is -2.26. The van der Waals surface area contributed by atoms with Crippen molar-refractivity contribution in [1.82, 2.24) is 10.3 Å². The SMILES string of the molecule is O=C(CCc1nc2ccccc2o1)N[C@H]1CCCc2ccccc21. The molecule has 1 aliphatic carbocycles. The summed E-state index contributed by atoms with van der Waals surface area (Å²) >= 11 is 0. The van der Waals surface area contributed by atoms with Gasteiger partial charge in [-0.05, 0) is 42.5 Å². The van der Waals surface area contributed by atoms with E-state index in [9.17, 15) is 4.79 Å². The molecule has 4 rings (SSSR count). The Morgan fingerprint density at radius 3 is 2.92 bits per heavy atom. The minimum Gasteiger partial charge on any atom is -0.441 e. The Balaban J connectivity index is 1.39. The van der Waals surface area contributed by atoms with E-state index in [-0.39, 0.29) is 11.9 Å². The number of nitrogens with one attached hydrogen (secondary N) is 1. The molecule has 1 N–H and O–H groups in total. The van der Waals surface area contributed by atoms with Crippen molar-refractivity contribution >= 4 is 17.0 Å². The maximum atomic E-state index is 12.3. The van der Waals surface area contributed by atoms with Crippen molar-refractivity contribution in [3.05, 3.63) is 65.5 Å². The molecule has 0 spiro atoms. The van der Waals surface area contributed by atoms with Gasteiger partial charge >= 0.3 is 0 Å². The van der Waals surface area contributed by atoms with Gasteiger partial charge in [0, 0.05) is 12.8 Å². The van der Waals surface area contributed by atoms with Crippen LogP contribution in [0.1, 0.15) is 42.3 Å². The summed E-state index contributed by atoms with van der Waals surface area (Å²) in [4.78, 5) is 16.7. The first-order chi connectivity index (χ1) is 11.8. The number of nitrogens with zero attached hydrogens (tertiary/aromatic N) is 1. The number of carbonyl (C=O) groups is 1. The third-order valence-electron chi connectivity index (χ3n) is 4.61. The first-order valence-electron chi connectivity index (χ1n) is 8.51. The predicted molar refractivity (Wildman–Crippen MR) is 92.6 cm³/mol. The van der Waals surface area contributed by atoms with Crippen LogP contribution < -0.4 is 5.32 Å². The van der Waals surface area contributed by atoms with Crippen molar-refractivity contribution in [2.45, 2.75) is 38.1 Å². The zero-order valence-electron chi connectivity index (χ0n) is 13.5. The van der Waals surface area contributed by atoms with E-state index in [1.807, 2.05) is 30.3 Å². The highest BCUT2D eigenvalue weighted by molar-refractivity contribution is 5.77. The Kier molecular flexibility index (Phi) is 4.03. The van der Waals surface area contributed by atoms with E-state index in [1.165, 1.54) is 11.1 Å². The van der Waals surface area contributed by atoms with Crippen LogP contribution in [0.5, 0.6) is 0 Å². The predicted octanol–water partition coefficient (Wildman–Crippen LogP) is 3.95. The number of rotatable bonds is 4. The molecule has 1 aromatic heterocycles. The lowest BCUT2D eigenvalue weighted by Crippen LogP contribution is -2.31. The van der Waals surface area contributed by atoms with E-state index in [4.69, 9.17) is 4.42 Å². The number of aryl methyl sites for hydroxylation is 2. The molecule has 0 fully saturated rings. The lowest BCUT2D eigenvalue weighted by molar-refractivity contribution is -0.122. The third kappa shape index (κ3) is 3.04. The normalized spacial score (nSPS) is 16.8. The summed E-state index contributed by atoms with van der Waals surface area (Å²) in [5, 5.41) is 3.17. The fraction of sp³-hybridized carbons (Fsp3) is 0.300. The van der Waals surface area contributed by atoms with E-state index in [1.54, 1.807) is 0 Å². The van der Waals surface area contributed by atoms with Crippen LogP contribution in [0, 0.1) is 0 Å². The van der Waals surface area contributed by atoms with E-state index < -0.39 is 0 Å². The molecule has 1 atom stereocenters. The quantitative estimate of drug-likeness (QED) is 0.792. The van der Waals surface area contributed by atoms with Gasteiger partial charge in [0.15, 0.2) is 11.5 Å². The molecule has 1 heterocycles. The van der Waals surface area contributed by atoms with E-state index in [2.05, 4.69) is 28.5 Å². The molecule has 4 heteroatoms. The van der Waals surface area contributed by atoms with Crippen molar-refractivity contribution < 1.29 is 9.21 Å². The summed E-state index contributed by atoms with van der Waals surface area (Å²) in [6.45, 7) is 0. The number of hydrogen-bond donors (Lipinski definition) is 1. The summed E-state index contributed by atoms with van der Waals surface area (Å²) in [5.41, 5.74) is 4.23. The van der Waals surface area contributed by atoms with Gasteiger partial charge in [-0.25, -0.2) is 4.98 Å². The molecule has 1 aliphatic rings. The van der Waals surface area contributed by atoms with Gasteiger partial charge in [0.2, 0.25) is 5.91 Å². The number of fused-ring (bicyclic) bond motifs is 2. The second-order valence-electron chi connectivity index (χ2n) is 6.29. The van der Waals surface area contributed by atoms with Crippen LogP contribution in [0.4, 0.5) is 0 Å². The Hall–Kier alpha value is -2.62. The number of aromatic nitrogens is 1. The molecule has 0 aliphatic heterocycles. The molecule has 0 saturated heterocycles. The number of amides is 1. The highest BCUT2D eigenvalue weighted by Gasteiger charge is 2.21. The van der Waals surface area contributed by atoms with Crippen LogP contribution in [0.15, 0.2) is 52.9 Å². The van der Waals surface area contributed by atoms with Gasteiger partial charge in [-0.3, -0.25) is 4.79 Å². The van der Waals surface area contributed by atoms with Gasteiger partial charge in [0.1, 0.15) is 5.52 Å². The minimum absolute atomic E-state index is 0.0546. The summed E-state index contributed by atoms with van der Waals surface area (Å²) in [6.07, 6.45) is 4.14. The van der Waals surface area contributed by atoms with Crippen LogP contribution in [-0.4, -0.2) is 10.9 Å². The second kappa shape index (κ2) is 6.48. The van der Waals surface area contributed by atoms with Crippen molar-refractivity contribution in [3.8, 4) is 0 Å². The van der Waals surface area contributed by atoms with Crippen LogP contribution in [-0.2, 0) is 17.6 Å². The van der Waals surface area contributed by atoms with E-state index >= 15 is 0 Å². The molecule has 0 bridgehead atoms. The highest BCUT2D eigenvalue weighted by Crippen LogP contribution is 2.29. The summed E-state index contributed by atoms with van der Waals surface area (Å²) < 4.78 is 5.67. The van der Waals surface area contributed by atoms with Gasteiger partial charge in [-0.1, -0.05) is 36.4 Å². The van der Waals surface area contributed by atoms with Crippen LogP contribution in [0.2, 0.25) is 0 Å². The Labute approximate surface area is 140 Å². The van der Waals surface area contributed by atoms with Crippen molar-refractivity contribution in [2.75, 3.05) is 0 Å². The van der Waals surface area contributed by atoms with E-state index in [0.29, 0.717) is 18.7 Å². The largest absolute Gasteiger partial charge is 0.441 e. The molecule has 4 nitrogen and oxygen atoms in total. The monoisotopic (exact) mass is 320 g/mol. The maximum Gasteiger partial charge on any atom is 0.220 e. The zero-order valence-corrected chi connectivity index (χ0v) is 13.5. The number of oxazole rings is 1. The third-order valence-corrected chi connectivity index (χ3v) is 4.61. The fourth-order valence-corrected chi connectivity index (χ4v) is 3.42. The fourth-order valence-electron chi connectivity index (χ4n) is 3.42. The molecule has 3 aromatic rings. The Morgan fingerprint density at radius 1 is 1.17 bits per heavy atom. The number of carbonyl (C=O) groups excluding carboxylic acids is 1. The average molecular weight is 320 g/mol. The summed E-state index contributed by atoms with van der Waals surface area (Å²) in [7, 11) is 0. The van der Waals surface area contributed by atoms with Crippen LogP contribution in [0.25, 0.3) is 11.1 Å². The van der Waals surface area contributed by atoms with Crippen LogP contribution >= 0.6 is 0 Å². The van der Waals surface area contributed by atoms with Crippen molar-refractivity contribution in [1.29, 1.82) is 0 Å². The van der Waals surface area contributed by atoms with Crippen molar-refractivity contribution in [3.63, 3.8) is 0 Å². The molecule has 0 saturated carbocycles. The lowest BCUT2D eigenvalue weighted by atomic mass is 9.87. The molecule has 0 radical (unpaired) electrons.